The summed E-state index contributed by atoms with van der Waals surface area (Å²) >= 11 is 0. The largest absolute Gasteiger partial charge is 0.492 e. The summed E-state index contributed by atoms with van der Waals surface area (Å²) in [6, 6.07) is 0. The molecular formula is C8H14N2O. The van der Waals surface area contributed by atoms with Gasteiger partial charge in [-0.05, 0) is 6.42 Å². The monoisotopic (exact) mass is 154 g/mol. The highest BCUT2D eigenvalue weighted by Gasteiger charge is 2.20. The third-order valence-corrected chi connectivity index (χ3v) is 2.22. The molecule has 3 nitrogen and oxygen atoms in total. The third kappa shape index (κ3) is 1.15. The van der Waals surface area contributed by atoms with Gasteiger partial charge >= 0.3 is 0 Å². The molecule has 2 rings (SSSR count). The molecule has 1 N–H and O–H groups in total. The van der Waals surface area contributed by atoms with Crippen molar-refractivity contribution in [3.8, 4) is 0 Å². The first-order valence-corrected chi connectivity index (χ1v) is 4.19. The van der Waals surface area contributed by atoms with Crippen molar-refractivity contribution in [2.75, 3.05) is 26.7 Å². The molecule has 62 valence electrons. The lowest BCUT2D eigenvalue weighted by molar-refractivity contribution is 0.118. The Hall–Kier alpha value is -0.860. The zero-order chi connectivity index (χ0) is 7.68. The molecule has 0 saturated carbocycles. The van der Waals surface area contributed by atoms with Gasteiger partial charge in [0.15, 0.2) is 0 Å². The molecule has 0 aromatic carbocycles. The smallest absolute Gasteiger partial charge is 0.140 e. The lowest BCUT2D eigenvalue weighted by Crippen LogP contribution is -2.39. The fraction of sp³-hybridized carbons (Fsp3) is 0.750. The van der Waals surface area contributed by atoms with Crippen LogP contribution in [-0.2, 0) is 4.74 Å². The van der Waals surface area contributed by atoms with E-state index in [1.165, 1.54) is 12.2 Å². The number of nitrogens with one attached hydrogen (secondary N) is 1. The van der Waals surface area contributed by atoms with E-state index >= 15 is 0 Å². The van der Waals surface area contributed by atoms with E-state index in [0.717, 1.165) is 31.9 Å². The van der Waals surface area contributed by atoms with Gasteiger partial charge in [-0.25, -0.2) is 0 Å². The maximum absolute atomic E-state index is 5.53. The lowest BCUT2D eigenvalue weighted by atomic mass is 10.2. The van der Waals surface area contributed by atoms with Crippen molar-refractivity contribution < 1.29 is 4.74 Å². The minimum absolute atomic E-state index is 0.844. The normalized spacial score (nSPS) is 23.9. The van der Waals surface area contributed by atoms with Crippen LogP contribution < -0.4 is 5.32 Å². The zero-order valence-corrected chi connectivity index (χ0v) is 6.89. The molecule has 0 fully saturated rings. The molecule has 0 bridgehead atoms. The molecule has 11 heavy (non-hydrogen) atoms. The van der Waals surface area contributed by atoms with Gasteiger partial charge in [-0.2, -0.15) is 0 Å². The van der Waals surface area contributed by atoms with E-state index in [-0.39, 0.29) is 0 Å². The number of hydrogen-bond acceptors (Lipinski definition) is 3. The highest BCUT2D eigenvalue weighted by atomic mass is 16.5. The van der Waals surface area contributed by atoms with Gasteiger partial charge in [-0.3, -0.25) is 0 Å². The Morgan fingerprint density at radius 2 is 2.45 bits per heavy atom. The van der Waals surface area contributed by atoms with Crippen LogP contribution in [0.1, 0.15) is 12.8 Å². The molecule has 0 aromatic heterocycles. The van der Waals surface area contributed by atoms with Crippen LogP contribution in [0.4, 0.5) is 0 Å². The molecule has 3 heteroatoms. The summed E-state index contributed by atoms with van der Waals surface area (Å²) in [7, 11) is 2.11. The van der Waals surface area contributed by atoms with E-state index in [0.29, 0.717) is 0 Å². The Labute approximate surface area is 67.0 Å². The Bertz CT molecular complexity index is 185. The highest BCUT2D eigenvalue weighted by molar-refractivity contribution is 5.10. The van der Waals surface area contributed by atoms with Gasteiger partial charge in [0.2, 0.25) is 0 Å². The minimum Gasteiger partial charge on any atom is -0.492 e. The zero-order valence-electron chi connectivity index (χ0n) is 6.89. The molecule has 0 unspecified atom stereocenters. The SMILES string of the molecule is CN1CCOC2=C1NCCC2. The summed E-state index contributed by atoms with van der Waals surface area (Å²) in [5.41, 5.74) is 0. The molecule has 0 spiro atoms. The van der Waals surface area contributed by atoms with Gasteiger partial charge < -0.3 is 15.0 Å². The number of rotatable bonds is 0. The molecule has 0 aromatic rings. The van der Waals surface area contributed by atoms with Gasteiger partial charge in [-0.1, -0.05) is 0 Å². The number of nitrogens with zero attached hydrogens (tertiary/aromatic N) is 1. The minimum atomic E-state index is 0.844. The van der Waals surface area contributed by atoms with E-state index < -0.39 is 0 Å². The molecule has 0 aliphatic carbocycles. The predicted molar refractivity (Wildman–Crippen MR) is 42.8 cm³/mol. The maximum atomic E-state index is 5.53. The van der Waals surface area contributed by atoms with Crippen LogP contribution in [0.2, 0.25) is 0 Å². The van der Waals surface area contributed by atoms with Crippen LogP contribution in [0.25, 0.3) is 0 Å². The summed E-state index contributed by atoms with van der Waals surface area (Å²) < 4.78 is 5.53. The van der Waals surface area contributed by atoms with Gasteiger partial charge in [0, 0.05) is 20.0 Å². The summed E-state index contributed by atoms with van der Waals surface area (Å²) in [6.45, 7) is 2.94. The highest BCUT2D eigenvalue weighted by Crippen LogP contribution is 2.20. The number of allylic oxidation sites excluding steroid dienone is 1. The van der Waals surface area contributed by atoms with Crippen molar-refractivity contribution in [3.63, 3.8) is 0 Å². The second-order valence-electron chi connectivity index (χ2n) is 3.07. The summed E-state index contributed by atoms with van der Waals surface area (Å²) in [4.78, 5) is 2.23. The fourth-order valence-electron chi connectivity index (χ4n) is 1.58. The van der Waals surface area contributed by atoms with Crippen LogP contribution in [-0.4, -0.2) is 31.6 Å². The Morgan fingerprint density at radius 1 is 1.55 bits per heavy atom. The standard InChI is InChI=1S/C8H14N2O/c1-10-5-6-11-7-3-2-4-9-8(7)10/h9H,2-6H2,1H3. The molecule has 2 heterocycles. The topological polar surface area (TPSA) is 24.5 Å². The van der Waals surface area contributed by atoms with Crippen molar-refractivity contribution in [2.45, 2.75) is 12.8 Å². The van der Waals surface area contributed by atoms with Crippen LogP contribution in [0.5, 0.6) is 0 Å². The van der Waals surface area contributed by atoms with E-state index in [9.17, 15) is 0 Å². The molecule has 2 aliphatic heterocycles. The summed E-state index contributed by atoms with van der Waals surface area (Å²) in [5, 5.41) is 3.35. The predicted octanol–water partition coefficient (Wildman–Crippen LogP) is 0.501. The first-order chi connectivity index (χ1) is 5.38. The summed E-state index contributed by atoms with van der Waals surface area (Å²) in [5.74, 6) is 2.37. The van der Waals surface area contributed by atoms with Gasteiger partial charge in [-0.15, -0.1) is 0 Å². The van der Waals surface area contributed by atoms with Crippen molar-refractivity contribution in [3.05, 3.63) is 11.6 Å². The van der Waals surface area contributed by atoms with Gasteiger partial charge in [0.25, 0.3) is 0 Å². The van der Waals surface area contributed by atoms with E-state index in [4.69, 9.17) is 4.74 Å². The number of likely N-dealkylation sites (N-methyl/N-ethyl adjacent to an activating group) is 1. The molecular weight excluding hydrogens is 140 g/mol. The van der Waals surface area contributed by atoms with Crippen molar-refractivity contribution >= 4 is 0 Å². The fourth-order valence-corrected chi connectivity index (χ4v) is 1.58. The first kappa shape index (κ1) is 6.83. The van der Waals surface area contributed by atoms with Crippen LogP contribution in [0, 0.1) is 0 Å². The first-order valence-electron chi connectivity index (χ1n) is 4.19. The third-order valence-electron chi connectivity index (χ3n) is 2.22. The summed E-state index contributed by atoms with van der Waals surface area (Å²) in [6.07, 6.45) is 2.30. The van der Waals surface area contributed by atoms with Crippen LogP contribution in [0.15, 0.2) is 11.6 Å². The molecule has 2 aliphatic rings. The molecule has 0 radical (unpaired) electrons. The van der Waals surface area contributed by atoms with Crippen molar-refractivity contribution in [1.29, 1.82) is 0 Å². The second kappa shape index (κ2) is 2.64. The Balaban J connectivity index is 2.21. The lowest BCUT2D eigenvalue weighted by Gasteiger charge is -2.33. The average molecular weight is 154 g/mol. The Kier molecular flexibility index (Phi) is 1.64. The van der Waals surface area contributed by atoms with Gasteiger partial charge in [0.1, 0.15) is 18.2 Å². The van der Waals surface area contributed by atoms with E-state index in [1.54, 1.807) is 0 Å². The average Bonchev–Trinajstić information content (AvgIpc) is 2.06. The number of hydrogen-bond donors (Lipinski definition) is 1. The Morgan fingerprint density at radius 3 is 3.27 bits per heavy atom. The van der Waals surface area contributed by atoms with Crippen LogP contribution >= 0.6 is 0 Å². The van der Waals surface area contributed by atoms with E-state index in [2.05, 4.69) is 17.3 Å². The number of ether oxygens (including phenoxy) is 1. The van der Waals surface area contributed by atoms with Crippen molar-refractivity contribution in [1.82, 2.24) is 10.2 Å². The van der Waals surface area contributed by atoms with Crippen LogP contribution in [0.3, 0.4) is 0 Å². The quantitative estimate of drug-likeness (QED) is 0.550. The molecule has 0 saturated heterocycles. The van der Waals surface area contributed by atoms with Crippen molar-refractivity contribution in [2.24, 2.45) is 0 Å². The molecule has 0 atom stereocenters. The maximum Gasteiger partial charge on any atom is 0.140 e. The second-order valence-corrected chi connectivity index (χ2v) is 3.07. The van der Waals surface area contributed by atoms with Gasteiger partial charge in [0.05, 0.1) is 6.54 Å². The molecule has 0 amide bonds. The van der Waals surface area contributed by atoms with E-state index in [1.807, 2.05) is 0 Å².